The maximum atomic E-state index is 10.8. The Labute approximate surface area is 77.6 Å². The van der Waals surface area contributed by atoms with Crippen LogP contribution in [-0.4, -0.2) is 31.2 Å². The third-order valence-electron chi connectivity index (χ3n) is 0.924. The Balaban J connectivity index is 3.38. The lowest BCUT2D eigenvalue weighted by Gasteiger charge is -2.01. The first-order chi connectivity index (χ1) is 6.20. The molecule has 0 aliphatic carbocycles. The van der Waals surface area contributed by atoms with E-state index in [2.05, 4.69) is 9.56 Å². The van der Waals surface area contributed by atoms with Crippen molar-refractivity contribution in [3.63, 3.8) is 0 Å². The van der Waals surface area contributed by atoms with Gasteiger partial charge in [-0.25, -0.2) is 0 Å². The van der Waals surface area contributed by atoms with Gasteiger partial charge in [0.25, 0.3) is 0 Å². The van der Waals surface area contributed by atoms with E-state index in [1.54, 1.807) is 13.8 Å². The van der Waals surface area contributed by atoms with Crippen molar-refractivity contribution in [1.29, 1.82) is 0 Å². The molecule has 0 spiro atoms. The molecule has 0 fully saturated rings. The molecule has 0 heterocycles. The number of aliphatic hydroxyl groups excluding tert-OH is 1. The van der Waals surface area contributed by atoms with Crippen molar-refractivity contribution >= 4 is 8.25 Å². The number of rotatable bonds is 8. The molecule has 0 amide bonds. The molecule has 0 aliphatic heterocycles. The summed E-state index contributed by atoms with van der Waals surface area (Å²) in [5.74, 6) is 0. The predicted octanol–water partition coefficient (Wildman–Crippen LogP) is 0.983. The van der Waals surface area contributed by atoms with Gasteiger partial charge >= 0.3 is 8.25 Å². The molecule has 2 atom stereocenters. The second-order valence-corrected chi connectivity index (χ2v) is 2.78. The molecule has 0 bridgehead atoms. The summed E-state index contributed by atoms with van der Waals surface area (Å²) in [6.07, 6.45) is -0.605. The SMILES string of the molecule is CCOC(C)O[P+](=O)OOCCO. The Morgan fingerprint density at radius 2 is 2.23 bits per heavy atom. The van der Waals surface area contributed by atoms with Crippen molar-refractivity contribution in [3.05, 3.63) is 0 Å². The zero-order valence-electron chi connectivity index (χ0n) is 7.63. The summed E-state index contributed by atoms with van der Waals surface area (Å²) in [5, 5.41) is 8.28. The zero-order chi connectivity index (χ0) is 10.1. The van der Waals surface area contributed by atoms with Crippen LogP contribution in [-0.2, 0) is 23.4 Å². The lowest BCUT2D eigenvalue weighted by Crippen LogP contribution is -2.09. The third kappa shape index (κ3) is 8.24. The summed E-state index contributed by atoms with van der Waals surface area (Å²) in [5.41, 5.74) is 0. The molecule has 7 heteroatoms. The quantitative estimate of drug-likeness (QED) is 0.213. The van der Waals surface area contributed by atoms with E-state index in [1.165, 1.54) is 0 Å². The second kappa shape index (κ2) is 8.50. The maximum absolute atomic E-state index is 10.8. The molecule has 0 saturated heterocycles. The molecular formula is C6H14O6P+. The summed E-state index contributed by atoms with van der Waals surface area (Å²) in [6, 6.07) is 0. The Morgan fingerprint density at radius 3 is 2.77 bits per heavy atom. The van der Waals surface area contributed by atoms with E-state index in [9.17, 15) is 4.57 Å². The van der Waals surface area contributed by atoms with Crippen LogP contribution in [0.4, 0.5) is 0 Å². The first-order valence-electron chi connectivity index (χ1n) is 3.86. The van der Waals surface area contributed by atoms with Crippen LogP contribution in [0, 0.1) is 0 Å². The van der Waals surface area contributed by atoms with Crippen LogP contribution >= 0.6 is 8.25 Å². The van der Waals surface area contributed by atoms with E-state index >= 15 is 0 Å². The van der Waals surface area contributed by atoms with Gasteiger partial charge in [-0.15, -0.1) is 0 Å². The van der Waals surface area contributed by atoms with Crippen molar-refractivity contribution in [2.75, 3.05) is 19.8 Å². The van der Waals surface area contributed by atoms with E-state index in [4.69, 9.17) is 14.4 Å². The van der Waals surface area contributed by atoms with Crippen LogP contribution in [0.1, 0.15) is 13.8 Å². The van der Waals surface area contributed by atoms with Crippen molar-refractivity contribution < 1.29 is 28.5 Å². The van der Waals surface area contributed by atoms with Crippen LogP contribution in [0.25, 0.3) is 0 Å². The number of hydrogen-bond donors (Lipinski definition) is 1. The molecule has 0 aromatic rings. The fourth-order valence-electron chi connectivity index (χ4n) is 0.521. The summed E-state index contributed by atoms with van der Waals surface area (Å²) in [6.45, 7) is 3.58. The fourth-order valence-corrected chi connectivity index (χ4v) is 1.02. The van der Waals surface area contributed by atoms with Gasteiger partial charge in [0.1, 0.15) is 6.61 Å². The van der Waals surface area contributed by atoms with Crippen LogP contribution in [0.2, 0.25) is 0 Å². The largest absolute Gasteiger partial charge is 0.731 e. The van der Waals surface area contributed by atoms with Gasteiger partial charge in [-0.3, -0.25) is 0 Å². The molecular weight excluding hydrogens is 199 g/mol. The molecule has 2 unspecified atom stereocenters. The van der Waals surface area contributed by atoms with Crippen LogP contribution in [0.5, 0.6) is 0 Å². The van der Waals surface area contributed by atoms with E-state index in [-0.39, 0.29) is 13.2 Å². The van der Waals surface area contributed by atoms with Crippen molar-refractivity contribution in [2.24, 2.45) is 0 Å². The van der Waals surface area contributed by atoms with E-state index in [0.29, 0.717) is 6.61 Å². The lowest BCUT2D eigenvalue weighted by molar-refractivity contribution is -0.221. The molecule has 0 radical (unpaired) electrons. The van der Waals surface area contributed by atoms with Crippen LogP contribution in [0.3, 0.4) is 0 Å². The first kappa shape index (κ1) is 12.9. The zero-order valence-corrected chi connectivity index (χ0v) is 8.53. The third-order valence-corrected chi connectivity index (χ3v) is 1.62. The van der Waals surface area contributed by atoms with Gasteiger partial charge in [0.05, 0.1) is 11.3 Å². The summed E-state index contributed by atoms with van der Waals surface area (Å²) in [7, 11) is -2.35. The smallest absolute Gasteiger partial charge is 0.394 e. The molecule has 0 saturated carbocycles. The van der Waals surface area contributed by atoms with Gasteiger partial charge in [-0.05, 0) is 13.8 Å². The molecule has 1 N–H and O–H groups in total. The van der Waals surface area contributed by atoms with E-state index in [0.717, 1.165) is 0 Å². The molecule has 13 heavy (non-hydrogen) atoms. The second-order valence-electron chi connectivity index (χ2n) is 1.97. The van der Waals surface area contributed by atoms with Gasteiger partial charge < -0.3 is 9.84 Å². The van der Waals surface area contributed by atoms with Gasteiger partial charge in [-0.1, -0.05) is 4.52 Å². The van der Waals surface area contributed by atoms with Gasteiger partial charge in [0, 0.05) is 11.2 Å². The van der Waals surface area contributed by atoms with Gasteiger partial charge in [-0.2, -0.15) is 4.89 Å². The summed E-state index contributed by atoms with van der Waals surface area (Å²) < 4.78 is 24.7. The molecule has 0 aromatic carbocycles. The molecule has 0 rings (SSSR count). The highest BCUT2D eigenvalue weighted by molar-refractivity contribution is 7.33. The van der Waals surface area contributed by atoms with Crippen LogP contribution in [0.15, 0.2) is 0 Å². The van der Waals surface area contributed by atoms with Crippen molar-refractivity contribution in [1.82, 2.24) is 0 Å². The Morgan fingerprint density at radius 1 is 1.54 bits per heavy atom. The highest BCUT2D eigenvalue weighted by atomic mass is 31.1. The number of aliphatic hydroxyl groups is 1. The Bertz CT molecular complexity index is 141. The van der Waals surface area contributed by atoms with Crippen LogP contribution < -0.4 is 0 Å². The Hall–Kier alpha value is -0.100. The molecule has 0 aliphatic rings. The summed E-state index contributed by atoms with van der Waals surface area (Å²) >= 11 is 0. The first-order valence-corrected chi connectivity index (χ1v) is 4.96. The van der Waals surface area contributed by atoms with Crippen molar-refractivity contribution in [3.8, 4) is 0 Å². The lowest BCUT2D eigenvalue weighted by atomic mass is 10.7. The van der Waals surface area contributed by atoms with Gasteiger partial charge in [0.2, 0.25) is 6.29 Å². The Kier molecular flexibility index (Phi) is 8.43. The molecule has 0 aromatic heterocycles. The summed E-state index contributed by atoms with van der Waals surface area (Å²) in [4.78, 5) is 4.31. The topological polar surface area (TPSA) is 74.2 Å². The minimum atomic E-state index is -2.35. The van der Waals surface area contributed by atoms with E-state index in [1.807, 2.05) is 0 Å². The monoisotopic (exact) mass is 213 g/mol. The van der Waals surface area contributed by atoms with Crippen molar-refractivity contribution in [2.45, 2.75) is 20.1 Å². The van der Waals surface area contributed by atoms with E-state index < -0.39 is 14.5 Å². The highest BCUT2D eigenvalue weighted by Crippen LogP contribution is 2.26. The standard InChI is InChI=1S/C6H14O6P/c1-3-9-6(2)11-13(8)12-10-5-4-7/h6-7H,3-5H2,1-2H3/q+1. The number of hydrogen-bond acceptors (Lipinski definition) is 6. The highest BCUT2D eigenvalue weighted by Gasteiger charge is 2.26. The number of ether oxygens (including phenoxy) is 1. The normalized spacial score (nSPS) is 14.2. The predicted molar refractivity (Wildman–Crippen MR) is 43.9 cm³/mol. The fraction of sp³-hybridized carbons (Fsp3) is 1.00. The molecule has 6 nitrogen and oxygen atoms in total. The minimum absolute atomic E-state index is 0.0482. The molecule has 78 valence electrons. The average molecular weight is 213 g/mol. The maximum Gasteiger partial charge on any atom is 0.731 e. The minimum Gasteiger partial charge on any atom is -0.394 e. The van der Waals surface area contributed by atoms with Gasteiger partial charge in [0.15, 0.2) is 0 Å². The average Bonchev–Trinajstić information content (AvgIpc) is 2.05.